The molecule has 20 heavy (non-hydrogen) atoms. The summed E-state index contributed by atoms with van der Waals surface area (Å²) < 4.78 is 57.1. The third-order valence-electron chi connectivity index (χ3n) is 2.88. The van der Waals surface area contributed by atoms with Crippen LogP contribution in [-0.2, 0) is 4.79 Å². The number of benzene rings is 1. The van der Waals surface area contributed by atoms with Gasteiger partial charge in [-0.05, 0) is 0 Å². The van der Waals surface area contributed by atoms with E-state index in [1.807, 2.05) is 0 Å². The van der Waals surface area contributed by atoms with E-state index in [0.29, 0.717) is 26.2 Å². The standard InChI is InChI=1S/C12H12F4N2O2/c13-7-5-8(14)11(16)12(10(7)15)20-6-9(19)18-3-1-17-2-4-18/h5,17H,1-4,6H2. The fraction of sp³-hybridized carbons (Fsp3) is 0.417. The van der Waals surface area contributed by atoms with Gasteiger partial charge in [-0.15, -0.1) is 0 Å². The average Bonchev–Trinajstić information content (AvgIpc) is 2.46. The highest BCUT2D eigenvalue weighted by Crippen LogP contribution is 2.26. The van der Waals surface area contributed by atoms with Crippen molar-refractivity contribution in [2.75, 3.05) is 32.8 Å². The summed E-state index contributed by atoms with van der Waals surface area (Å²) in [6, 6.07) is 0.0790. The smallest absolute Gasteiger partial charge is 0.260 e. The second-order valence-corrected chi connectivity index (χ2v) is 4.22. The summed E-state index contributed by atoms with van der Waals surface area (Å²) in [6.45, 7) is 1.39. The van der Waals surface area contributed by atoms with Crippen LogP contribution in [0.15, 0.2) is 6.07 Å². The van der Waals surface area contributed by atoms with E-state index >= 15 is 0 Å². The fourth-order valence-corrected chi connectivity index (χ4v) is 1.82. The summed E-state index contributed by atoms with van der Waals surface area (Å²) in [5.41, 5.74) is 0. The number of hydrogen-bond acceptors (Lipinski definition) is 3. The third-order valence-corrected chi connectivity index (χ3v) is 2.88. The minimum atomic E-state index is -1.66. The Balaban J connectivity index is 2.05. The van der Waals surface area contributed by atoms with Gasteiger partial charge in [0.05, 0.1) is 0 Å². The highest BCUT2D eigenvalue weighted by Gasteiger charge is 2.23. The van der Waals surface area contributed by atoms with Gasteiger partial charge >= 0.3 is 0 Å². The number of halogens is 4. The lowest BCUT2D eigenvalue weighted by molar-refractivity contribution is -0.134. The lowest BCUT2D eigenvalue weighted by atomic mass is 10.3. The van der Waals surface area contributed by atoms with E-state index in [-0.39, 0.29) is 6.07 Å². The molecule has 8 heteroatoms. The molecule has 0 radical (unpaired) electrons. The molecule has 1 aliphatic heterocycles. The SMILES string of the molecule is O=C(COc1c(F)c(F)cc(F)c1F)N1CCNCC1. The van der Waals surface area contributed by atoms with Crippen molar-refractivity contribution in [1.29, 1.82) is 0 Å². The van der Waals surface area contributed by atoms with Gasteiger partial charge in [-0.2, -0.15) is 8.78 Å². The normalized spacial score (nSPS) is 15.3. The van der Waals surface area contributed by atoms with Gasteiger partial charge in [0.15, 0.2) is 24.0 Å². The Hall–Kier alpha value is -1.83. The highest BCUT2D eigenvalue weighted by atomic mass is 19.2. The molecule has 1 aromatic rings. The quantitative estimate of drug-likeness (QED) is 0.669. The second-order valence-electron chi connectivity index (χ2n) is 4.22. The summed E-state index contributed by atoms with van der Waals surface area (Å²) in [5.74, 6) is -8.18. The predicted octanol–water partition coefficient (Wildman–Crippen LogP) is 1.05. The molecule has 1 N–H and O–H groups in total. The predicted molar refractivity (Wildman–Crippen MR) is 61.2 cm³/mol. The van der Waals surface area contributed by atoms with Crippen molar-refractivity contribution < 1.29 is 27.1 Å². The molecule has 0 atom stereocenters. The first kappa shape index (κ1) is 14.6. The topological polar surface area (TPSA) is 41.6 Å². The number of amides is 1. The van der Waals surface area contributed by atoms with Crippen molar-refractivity contribution in [3.05, 3.63) is 29.3 Å². The molecule has 1 fully saturated rings. The lowest BCUT2D eigenvalue weighted by Gasteiger charge is -2.27. The minimum absolute atomic E-state index is 0.0790. The molecule has 1 aliphatic rings. The zero-order chi connectivity index (χ0) is 14.7. The molecule has 0 bridgehead atoms. The number of rotatable bonds is 3. The van der Waals surface area contributed by atoms with Crippen LogP contribution in [0.5, 0.6) is 5.75 Å². The first-order chi connectivity index (χ1) is 9.50. The average molecular weight is 292 g/mol. The summed E-state index contributed by atoms with van der Waals surface area (Å²) in [4.78, 5) is 13.1. The van der Waals surface area contributed by atoms with Crippen molar-refractivity contribution in [3.8, 4) is 5.75 Å². The molecule has 0 aliphatic carbocycles. The molecule has 1 saturated heterocycles. The van der Waals surface area contributed by atoms with Gasteiger partial charge in [0.25, 0.3) is 5.91 Å². The Morgan fingerprint density at radius 1 is 1.15 bits per heavy atom. The van der Waals surface area contributed by atoms with E-state index < -0.39 is 41.5 Å². The monoisotopic (exact) mass is 292 g/mol. The molecule has 1 aromatic carbocycles. The molecular weight excluding hydrogens is 280 g/mol. The van der Waals surface area contributed by atoms with Crippen LogP contribution in [0.2, 0.25) is 0 Å². The van der Waals surface area contributed by atoms with Gasteiger partial charge in [0.1, 0.15) is 0 Å². The molecule has 0 aromatic heterocycles. The molecule has 1 amide bonds. The van der Waals surface area contributed by atoms with E-state index in [1.165, 1.54) is 4.90 Å². The number of nitrogens with one attached hydrogen (secondary N) is 1. The number of ether oxygens (including phenoxy) is 1. The van der Waals surface area contributed by atoms with E-state index in [0.717, 1.165) is 0 Å². The number of hydrogen-bond donors (Lipinski definition) is 1. The largest absolute Gasteiger partial charge is 0.477 e. The van der Waals surface area contributed by atoms with Gasteiger partial charge in [0.2, 0.25) is 11.6 Å². The van der Waals surface area contributed by atoms with E-state index in [1.54, 1.807) is 0 Å². The first-order valence-electron chi connectivity index (χ1n) is 5.95. The Bertz CT molecular complexity index is 492. The zero-order valence-electron chi connectivity index (χ0n) is 10.4. The Kier molecular flexibility index (Phi) is 4.43. The molecule has 0 saturated carbocycles. The minimum Gasteiger partial charge on any atom is -0.477 e. The summed E-state index contributed by atoms with van der Waals surface area (Å²) in [6.07, 6.45) is 0. The third kappa shape index (κ3) is 3.01. The maximum absolute atomic E-state index is 13.3. The summed E-state index contributed by atoms with van der Waals surface area (Å²) in [5, 5.41) is 3.02. The first-order valence-corrected chi connectivity index (χ1v) is 5.95. The molecule has 2 rings (SSSR count). The number of nitrogens with zero attached hydrogens (tertiary/aromatic N) is 1. The number of carbonyl (C=O) groups is 1. The lowest BCUT2D eigenvalue weighted by Crippen LogP contribution is -2.48. The fourth-order valence-electron chi connectivity index (χ4n) is 1.82. The van der Waals surface area contributed by atoms with Crippen molar-refractivity contribution in [2.45, 2.75) is 0 Å². The van der Waals surface area contributed by atoms with Crippen LogP contribution in [-0.4, -0.2) is 43.6 Å². The summed E-state index contributed by atoms with van der Waals surface area (Å²) in [7, 11) is 0. The van der Waals surface area contributed by atoms with E-state index in [4.69, 9.17) is 0 Å². The Morgan fingerprint density at radius 2 is 1.70 bits per heavy atom. The van der Waals surface area contributed by atoms with Crippen LogP contribution in [0, 0.1) is 23.3 Å². The van der Waals surface area contributed by atoms with Crippen LogP contribution < -0.4 is 10.1 Å². The van der Waals surface area contributed by atoms with Gasteiger partial charge in [-0.25, -0.2) is 8.78 Å². The Labute approximate surface area is 112 Å². The Morgan fingerprint density at radius 3 is 2.25 bits per heavy atom. The van der Waals surface area contributed by atoms with Crippen molar-refractivity contribution >= 4 is 5.91 Å². The van der Waals surface area contributed by atoms with Crippen LogP contribution in [0.1, 0.15) is 0 Å². The van der Waals surface area contributed by atoms with Crippen molar-refractivity contribution in [2.24, 2.45) is 0 Å². The number of piperazine rings is 1. The maximum Gasteiger partial charge on any atom is 0.260 e. The molecule has 1 heterocycles. The van der Waals surface area contributed by atoms with Gasteiger partial charge in [-0.1, -0.05) is 0 Å². The summed E-state index contributed by atoms with van der Waals surface area (Å²) >= 11 is 0. The van der Waals surface area contributed by atoms with Crippen molar-refractivity contribution in [1.82, 2.24) is 10.2 Å². The van der Waals surface area contributed by atoms with Gasteiger partial charge < -0.3 is 15.0 Å². The van der Waals surface area contributed by atoms with E-state index in [2.05, 4.69) is 10.1 Å². The highest BCUT2D eigenvalue weighted by molar-refractivity contribution is 5.77. The van der Waals surface area contributed by atoms with Gasteiger partial charge in [-0.3, -0.25) is 4.79 Å². The molecular formula is C12H12F4N2O2. The van der Waals surface area contributed by atoms with Crippen LogP contribution in [0.4, 0.5) is 17.6 Å². The van der Waals surface area contributed by atoms with Crippen LogP contribution in [0.3, 0.4) is 0 Å². The molecule has 0 spiro atoms. The maximum atomic E-state index is 13.3. The number of carbonyl (C=O) groups excluding carboxylic acids is 1. The second kappa shape index (κ2) is 6.08. The van der Waals surface area contributed by atoms with Crippen molar-refractivity contribution in [3.63, 3.8) is 0 Å². The van der Waals surface area contributed by atoms with Crippen LogP contribution >= 0.6 is 0 Å². The molecule has 4 nitrogen and oxygen atoms in total. The molecule has 0 unspecified atom stereocenters. The van der Waals surface area contributed by atoms with E-state index in [9.17, 15) is 22.4 Å². The zero-order valence-corrected chi connectivity index (χ0v) is 10.4. The molecule has 110 valence electrons. The van der Waals surface area contributed by atoms with Crippen LogP contribution in [0.25, 0.3) is 0 Å². The van der Waals surface area contributed by atoms with Gasteiger partial charge in [0, 0.05) is 32.2 Å².